The second-order valence-electron chi connectivity index (χ2n) is 6.30. The Hall–Kier alpha value is -4.42. The van der Waals surface area contributed by atoms with Crippen molar-refractivity contribution in [2.45, 2.75) is 13.3 Å². The zero-order valence-corrected chi connectivity index (χ0v) is 16.9. The summed E-state index contributed by atoms with van der Waals surface area (Å²) in [6.45, 7) is 1.85. The van der Waals surface area contributed by atoms with Crippen LogP contribution in [0.2, 0.25) is 0 Å². The molecule has 0 aliphatic heterocycles. The molecule has 3 rings (SSSR count). The van der Waals surface area contributed by atoms with Crippen LogP contribution in [0.4, 0.5) is 41.9 Å². The fraction of sp³-hybridized carbons (Fsp3) is 0.150. The first-order valence-corrected chi connectivity index (χ1v) is 9.32. The monoisotopic (exact) mass is 463 g/mol. The normalized spacial score (nSPS) is 10.9. The molecule has 0 aliphatic rings. The van der Waals surface area contributed by atoms with Crippen molar-refractivity contribution in [3.8, 4) is 5.75 Å². The van der Waals surface area contributed by atoms with Gasteiger partial charge in [0.25, 0.3) is 0 Å². The molecule has 10 nitrogen and oxygen atoms in total. The topological polar surface area (TPSA) is 129 Å². The number of nitrogens with one attached hydrogen (secondary N) is 2. The minimum absolute atomic E-state index is 0.171. The molecule has 0 bridgehead atoms. The maximum atomic E-state index is 12.3. The van der Waals surface area contributed by atoms with Crippen LogP contribution in [0.5, 0.6) is 5.75 Å². The molecule has 2 aromatic carbocycles. The van der Waals surface area contributed by atoms with Gasteiger partial charge in [0, 0.05) is 11.4 Å². The summed E-state index contributed by atoms with van der Waals surface area (Å²) < 4.78 is 45.6. The van der Waals surface area contributed by atoms with E-state index in [0.717, 1.165) is 18.5 Å². The average Bonchev–Trinajstić information content (AvgIpc) is 2.74. The summed E-state index contributed by atoms with van der Waals surface area (Å²) in [5, 5.41) is 17.2. The first-order valence-electron chi connectivity index (χ1n) is 9.32. The number of carbonyl (C=O) groups excluding carboxylic acids is 1. The molecule has 2 N–H and O–H groups in total. The van der Waals surface area contributed by atoms with Gasteiger partial charge < -0.3 is 20.1 Å². The largest absolute Gasteiger partial charge is 0.573 e. The van der Waals surface area contributed by atoms with Crippen LogP contribution < -0.4 is 15.4 Å². The van der Waals surface area contributed by atoms with Crippen LogP contribution in [-0.2, 0) is 4.74 Å². The van der Waals surface area contributed by atoms with Crippen molar-refractivity contribution in [3.63, 3.8) is 0 Å². The molecule has 0 spiro atoms. The Bertz CT molecular complexity index is 1160. The Kier molecular flexibility index (Phi) is 6.91. The van der Waals surface area contributed by atoms with Crippen LogP contribution in [-0.4, -0.2) is 33.8 Å². The molecule has 0 unspecified atom stereocenters. The Balaban J connectivity index is 1.85. The Morgan fingerprint density at radius 3 is 2.27 bits per heavy atom. The van der Waals surface area contributed by atoms with Crippen molar-refractivity contribution >= 4 is 34.7 Å². The molecule has 172 valence electrons. The quantitative estimate of drug-likeness (QED) is 0.271. The summed E-state index contributed by atoms with van der Waals surface area (Å²) >= 11 is 0. The molecule has 13 heteroatoms. The lowest BCUT2D eigenvalue weighted by Gasteiger charge is -2.12. The van der Waals surface area contributed by atoms with E-state index in [2.05, 4.69) is 25.3 Å². The molecule has 1 heterocycles. The second kappa shape index (κ2) is 9.80. The minimum Gasteiger partial charge on any atom is -0.462 e. The predicted molar refractivity (Wildman–Crippen MR) is 111 cm³/mol. The number of rotatable bonds is 8. The number of aromatic nitrogens is 2. The second-order valence-corrected chi connectivity index (χ2v) is 6.30. The zero-order chi connectivity index (χ0) is 24.0. The Morgan fingerprint density at radius 1 is 1.06 bits per heavy atom. The maximum Gasteiger partial charge on any atom is 0.573 e. The van der Waals surface area contributed by atoms with Crippen molar-refractivity contribution in [2.24, 2.45) is 0 Å². The highest BCUT2D eigenvalue weighted by Crippen LogP contribution is 2.33. The summed E-state index contributed by atoms with van der Waals surface area (Å²) in [6, 6.07) is 10.7. The number of esters is 1. The fourth-order valence-corrected chi connectivity index (χ4v) is 2.69. The lowest BCUT2D eigenvalue weighted by Crippen LogP contribution is -2.17. The smallest absolute Gasteiger partial charge is 0.462 e. The molecule has 0 saturated carbocycles. The highest BCUT2D eigenvalue weighted by Gasteiger charge is 2.31. The van der Waals surface area contributed by atoms with Crippen molar-refractivity contribution in [3.05, 3.63) is 70.5 Å². The van der Waals surface area contributed by atoms with E-state index in [0.29, 0.717) is 5.69 Å². The first kappa shape index (κ1) is 23.2. The number of alkyl halides is 3. The van der Waals surface area contributed by atoms with Crippen molar-refractivity contribution in [1.29, 1.82) is 0 Å². The van der Waals surface area contributed by atoms with Crippen LogP contribution in [0.15, 0.2) is 54.9 Å². The van der Waals surface area contributed by atoms with E-state index in [9.17, 15) is 28.1 Å². The third-order valence-corrected chi connectivity index (χ3v) is 3.99. The third-order valence-electron chi connectivity index (χ3n) is 3.99. The van der Waals surface area contributed by atoms with Gasteiger partial charge in [0.2, 0.25) is 11.6 Å². The van der Waals surface area contributed by atoms with Crippen molar-refractivity contribution in [2.75, 3.05) is 17.2 Å². The summed E-state index contributed by atoms with van der Waals surface area (Å²) in [5.41, 5.74) is 0.274. The van der Waals surface area contributed by atoms with E-state index in [4.69, 9.17) is 4.74 Å². The molecule has 3 aromatic rings. The molecule has 0 amide bonds. The number of ether oxygens (including phenoxy) is 2. The number of carbonyl (C=O) groups is 1. The van der Waals surface area contributed by atoms with E-state index in [1.807, 2.05) is 0 Å². The standard InChI is InChI=1S/C20H16F3N5O5/c1-2-32-19(29)12-4-3-5-14(10-12)27-18-16(28(30)31)17(24-11-25-18)26-13-6-8-15(9-7-13)33-20(21,22)23/h3-11H,2H2,1H3,(H2,24,25,26,27). The van der Waals surface area contributed by atoms with Gasteiger partial charge in [0.05, 0.1) is 17.1 Å². The molecule has 0 aliphatic carbocycles. The van der Waals surface area contributed by atoms with E-state index in [1.54, 1.807) is 19.1 Å². The zero-order valence-electron chi connectivity index (χ0n) is 16.9. The van der Waals surface area contributed by atoms with Gasteiger partial charge in [-0.15, -0.1) is 13.2 Å². The first-order chi connectivity index (χ1) is 15.7. The summed E-state index contributed by atoms with van der Waals surface area (Å²) in [5.74, 6) is -1.38. The number of halogens is 3. The molecule has 0 atom stereocenters. The molecule has 1 aromatic heterocycles. The van der Waals surface area contributed by atoms with Crippen molar-refractivity contribution < 1.29 is 32.4 Å². The van der Waals surface area contributed by atoms with Crippen LogP contribution in [0.25, 0.3) is 0 Å². The Morgan fingerprint density at radius 2 is 1.70 bits per heavy atom. The average molecular weight is 463 g/mol. The summed E-state index contributed by atoms with van der Waals surface area (Å²) in [6.07, 6.45) is -3.78. The molecular weight excluding hydrogens is 447 g/mol. The molecule has 0 saturated heterocycles. The third kappa shape index (κ3) is 6.29. The van der Waals surface area contributed by atoms with Crippen LogP contribution >= 0.6 is 0 Å². The van der Waals surface area contributed by atoms with Gasteiger partial charge in [0.15, 0.2) is 0 Å². The molecule has 33 heavy (non-hydrogen) atoms. The van der Waals surface area contributed by atoms with E-state index in [-0.39, 0.29) is 29.5 Å². The molecular formula is C20H16F3N5O5. The lowest BCUT2D eigenvalue weighted by molar-refractivity contribution is -0.383. The SMILES string of the molecule is CCOC(=O)c1cccc(Nc2ncnc(Nc3ccc(OC(F)(F)F)cc3)c2[N+](=O)[O-])c1. The predicted octanol–water partition coefficient (Wildman–Crippen LogP) is 4.95. The summed E-state index contributed by atoms with van der Waals surface area (Å²) in [4.78, 5) is 30.7. The van der Waals surface area contributed by atoms with Gasteiger partial charge in [-0.2, -0.15) is 0 Å². The number of hydrogen-bond donors (Lipinski definition) is 2. The highest BCUT2D eigenvalue weighted by molar-refractivity contribution is 5.91. The van der Waals surface area contributed by atoms with Gasteiger partial charge in [-0.1, -0.05) is 6.07 Å². The van der Waals surface area contributed by atoms with Gasteiger partial charge in [-0.05, 0) is 49.4 Å². The minimum atomic E-state index is -4.84. The molecule has 0 radical (unpaired) electrons. The number of hydrogen-bond acceptors (Lipinski definition) is 9. The van der Waals surface area contributed by atoms with Crippen LogP contribution in [0.3, 0.4) is 0 Å². The number of nitrogens with zero attached hydrogens (tertiary/aromatic N) is 3. The van der Waals surface area contributed by atoms with Crippen LogP contribution in [0, 0.1) is 10.1 Å². The van der Waals surface area contributed by atoms with Gasteiger partial charge in [-0.3, -0.25) is 10.1 Å². The number of benzene rings is 2. The van der Waals surface area contributed by atoms with Crippen molar-refractivity contribution in [1.82, 2.24) is 9.97 Å². The van der Waals surface area contributed by atoms with E-state index < -0.39 is 28.7 Å². The van der Waals surface area contributed by atoms with Gasteiger partial charge >= 0.3 is 18.0 Å². The van der Waals surface area contributed by atoms with Gasteiger partial charge in [0.1, 0.15) is 12.1 Å². The Labute approximate surface area is 184 Å². The number of anilines is 4. The van der Waals surface area contributed by atoms with E-state index >= 15 is 0 Å². The molecule has 0 fully saturated rings. The number of nitro groups is 1. The highest BCUT2D eigenvalue weighted by atomic mass is 19.4. The van der Waals surface area contributed by atoms with Crippen LogP contribution in [0.1, 0.15) is 17.3 Å². The van der Waals surface area contributed by atoms with Gasteiger partial charge in [-0.25, -0.2) is 14.8 Å². The lowest BCUT2D eigenvalue weighted by atomic mass is 10.2. The summed E-state index contributed by atoms with van der Waals surface area (Å²) in [7, 11) is 0. The maximum absolute atomic E-state index is 12.3. The van der Waals surface area contributed by atoms with E-state index in [1.165, 1.54) is 24.3 Å². The fourth-order valence-electron chi connectivity index (χ4n) is 2.69.